The molecule has 2 aromatic heterocycles. The van der Waals surface area contributed by atoms with Crippen molar-refractivity contribution in [2.24, 2.45) is 0 Å². The Morgan fingerprint density at radius 2 is 2.33 bits per heavy atom. The van der Waals surface area contributed by atoms with E-state index in [1.807, 2.05) is 32.2 Å². The number of aromatic nitrogens is 2. The second kappa shape index (κ2) is 5.68. The summed E-state index contributed by atoms with van der Waals surface area (Å²) < 4.78 is 9.75. The Bertz CT molecular complexity index is 498. The maximum atomic E-state index is 5.78. The molecule has 2 rings (SSSR count). The van der Waals surface area contributed by atoms with Crippen molar-refractivity contribution in [1.82, 2.24) is 9.36 Å². The molecule has 0 amide bonds. The van der Waals surface area contributed by atoms with Crippen molar-refractivity contribution < 1.29 is 4.74 Å². The lowest BCUT2D eigenvalue weighted by molar-refractivity contribution is 0.245. The Morgan fingerprint density at radius 3 is 3.00 bits per heavy atom. The zero-order chi connectivity index (χ0) is 13.0. The van der Waals surface area contributed by atoms with Crippen LogP contribution in [0.2, 0.25) is 0 Å². The minimum atomic E-state index is 0.0719. The molecular weight excluding hydrogens is 248 g/mol. The molecule has 0 aliphatic rings. The van der Waals surface area contributed by atoms with Crippen LogP contribution in [-0.2, 0) is 6.54 Å². The van der Waals surface area contributed by atoms with Crippen LogP contribution in [0.3, 0.4) is 0 Å². The molecular formula is C12H16N4OS. The number of hydrogen-bond acceptors (Lipinski definition) is 6. The van der Waals surface area contributed by atoms with Gasteiger partial charge in [0.05, 0.1) is 6.10 Å². The van der Waals surface area contributed by atoms with Gasteiger partial charge < -0.3 is 15.8 Å². The van der Waals surface area contributed by atoms with Crippen LogP contribution >= 0.6 is 11.5 Å². The highest BCUT2D eigenvalue weighted by molar-refractivity contribution is 7.11. The molecule has 2 heterocycles. The van der Waals surface area contributed by atoms with Crippen LogP contribution in [0.4, 0.5) is 10.8 Å². The monoisotopic (exact) mass is 264 g/mol. The summed E-state index contributed by atoms with van der Waals surface area (Å²) in [5.41, 5.74) is 6.88. The Balaban J connectivity index is 2.05. The van der Waals surface area contributed by atoms with E-state index in [0.717, 1.165) is 10.6 Å². The first-order valence-electron chi connectivity index (χ1n) is 5.71. The molecule has 6 heteroatoms. The number of anilines is 2. The second-order valence-electron chi connectivity index (χ2n) is 4.11. The molecule has 96 valence electrons. The van der Waals surface area contributed by atoms with Gasteiger partial charge >= 0.3 is 0 Å². The highest BCUT2D eigenvalue weighted by atomic mass is 32.1. The molecule has 0 saturated carbocycles. The predicted molar refractivity (Wildman–Crippen MR) is 73.9 cm³/mol. The standard InChI is InChI=1S/C12H16N4OS/c1-8(2)17-10-11(13)16-18-12(10)15-7-9-4-3-5-14-6-9/h3-6,8,15H,7H2,1-2H3,(H2,13,16). The number of hydrogen-bond donors (Lipinski definition) is 2. The molecule has 0 aromatic carbocycles. The van der Waals surface area contributed by atoms with Gasteiger partial charge in [0.25, 0.3) is 0 Å². The fourth-order valence-corrected chi connectivity index (χ4v) is 2.09. The van der Waals surface area contributed by atoms with E-state index < -0.39 is 0 Å². The van der Waals surface area contributed by atoms with Crippen molar-refractivity contribution in [2.75, 3.05) is 11.1 Å². The Labute approximate surface area is 110 Å². The van der Waals surface area contributed by atoms with Gasteiger partial charge in [0.15, 0.2) is 16.6 Å². The van der Waals surface area contributed by atoms with Crippen molar-refractivity contribution in [3.63, 3.8) is 0 Å². The van der Waals surface area contributed by atoms with E-state index >= 15 is 0 Å². The summed E-state index contributed by atoms with van der Waals surface area (Å²) in [4.78, 5) is 4.06. The molecule has 0 unspecified atom stereocenters. The van der Waals surface area contributed by atoms with Gasteiger partial charge in [-0.05, 0) is 37.0 Å². The Kier molecular flexibility index (Phi) is 3.99. The fraction of sp³-hybridized carbons (Fsp3) is 0.333. The molecule has 0 fully saturated rings. The van der Waals surface area contributed by atoms with E-state index in [-0.39, 0.29) is 6.10 Å². The third-order valence-corrected chi connectivity index (χ3v) is 3.00. The van der Waals surface area contributed by atoms with Gasteiger partial charge in [-0.15, -0.1) is 0 Å². The summed E-state index contributed by atoms with van der Waals surface area (Å²) >= 11 is 1.31. The molecule has 3 N–H and O–H groups in total. The average Bonchev–Trinajstić information content (AvgIpc) is 2.69. The number of ether oxygens (including phenoxy) is 1. The summed E-state index contributed by atoms with van der Waals surface area (Å²) in [6, 6.07) is 3.91. The highest BCUT2D eigenvalue weighted by Crippen LogP contribution is 2.36. The summed E-state index contributed by atoms with van der Waals surface area (Å²) in [5, 5.41) is 4.12. The SMILES string of the molecule is CC(C)Oc1c(N)nsc1NCc1cccnc1. The third-order valence-electron chi connectivity index (χ3n) is 2.20. The maximum absolute atomic E-state index is 5.78. The normalized spacial score (nSPS) is 10.6. The fourth-order valence-electron chi connectivity index (χ4n) is 1.44. The Morgan fingerprint density at radius 1 is 1.50 bits per heavy atom. The lowest BCUT2D eigenvalue weighted by atomic mass is 10.3. The first-order chi connectivity index (χ1) is 8.66. The molecule has 5 nitrogen and oxygen atoms in total. The number of pyridine rings is 1. The number of nitrogen functional groups attached to an aromatic ring is 1. The predicted octanol–water partition coefficient (Wildman–Crippen LogP) is 2.52. The van der Waals surface area contributed by atoms with Crippen molar-refractivity contribution in [1.29, 1.82) is 0 Å². The zero-order valence-corrected chi connectivity index (χ0v) is 11.2. The lowest BCUT2D eigenvalue weighted by Crippen LogP contribution is -2.08. The number of nitrogens with two attached hydrogens (primary N) is 1. The van der Waals surface area contributed by atoms with Crippen LogP contribution in [0.1, 0.15) is 19.4 Å². The van der Waals surface area contributed by atoms with Gasteiger partial charge in [-0.2, -0.15) is 4.37 Å². The van der Waals surface area contributed by atoms with Crippen LogP contribution < -0.4 is 15.8 Å². The van der Waals surface area contributed by atoms with E-state index in [4.69, 9.17) is 10.5 Å². The van der Waals surface area contributed by atoms with Crippen molar-refractivity contribution >= 4 is 22.4 Å². The molecule has 2 aromatic rings. The van der Waals surface area contributed by atoms with Crippen LogP contribution in [0.15, 0.2) is 24.5 Å². The molecule has 18 heavy (non-hydrogen) atoms. The van der Waals surface area contributed by atoms with E-state index in [9.17, 15) is 0 Å². The molecule has 0 atom stereocenters. The number of rotatable bonds is 5. The topological polar surface area (TPSA) is 73.1 Å². The molecule has 0 bridgehead atoms. The van der Waals surface area contributed by atoms with E-state index in [2.05, 4.69) is 14.7 Å². The largest absolute Gasteiger partial charge is 0.484 e. The van der Waals surface area contributed by atoms with Crippen molar-refractivity contribution in [3.05, 3.63) is 30.1 Å². The van der Waals surface area contributed by atoms with Gasteiger partial charge in [0.1, 0.15) is 0 Å². The second-order valence-corrected chi connectivity index (χ2v) is 4.88. The summed E-state index contributed by atoms with van der Waals surface area (Å²) in [5.74, 6) is 1.07. The first-order valence-corrected chi connectivity index (χ1v) is 6.48. The van der Waals surface area contributed by atoms with Gasteiger partial charge in [0.2, 0.25) is 0 Å². The van der Waals surface area contributed by atoms with Crippen molar-refractivity contribution in [2.45, 2.75) is 26.5 Å². The van der Waals surface area contributed by atoms with E-state index in [0.29, 0.717) is 18.1 Å². The minimum absolute atomic E-state index is 0.0719. The lowest BCUT2D eigenvalue weighted by Gasteiger charge is -2.11. The van der Waals surface area contributed by atoms with Crippen LogP contribution in [0.25, 0.3) is 0 Å². The molecule has 0 spiro atoms. The number of nitrogens with one attached hydrogen (secondary N) is 1. The number of nitrogens with zero attached hydrogens (tertiary/aromatic N) is 2. The van der Waals surface area contributed by atoms with Gasteiger partial charge in [-0.1, -0.05) is 6.07 Å². The maximum Gasteiger partial charge on any atom is 0.197 e. The van der Waals surface area contributed by atoms with Crippen LogP contribution in [0.5, 0.6) is 5.75 Å². The van der Waals surface area contributed by atoms with Crippen LogP contribution in [-0.4, -0.2) is 15.5 Å². The molecule has 0 aliphatic heterocycles. The van der Waals surface area contributed by atoms with Crippen LogP contribution in [0, 0.1) is 0 Å². The van der Waals surface area contributed by atoms with E-state index in [1.54, 1.807) is 6.20 Å². The minimum Gasteiger partial charge on any atom is -0.484 e. The van der Waals surface area contributed by atoms with Gasteiger partial charge in [-0.3, -0.25) is 4.98 Å². The molecule has 0 saturated heterocycles. The van der Waals surface area contributed by atoms with Gasteiger partial charge in [-0.25, -0.2) is 0 Å². The summed E-state index contributed by atoms with van der Waals surface area (Å²) in [6.07, 6.45) is 3.64. The van der Waals surface area contributed by atoms with E-state index in [1.165, 1.54) is 11.5 Å². The quantitative estimate of drug-likeness (QED) is 0.868. The zero-order valence-electron chi connectivity index (χ0n) is 10.4. The smallest absolute Gasteiger partial charge is 0.197 e. The average molecular weight is 264 g/mol. The van der Waals surface area contributed by atoms with Gasteiger partial charge in [0, 0.05) is 18.9 Å². The highest BCUT2D eigenvalue weighted by Gasteiger charge is 2.14. The molecule has 0 aliphatic carbocycles. The van der Waals surface area contributed by atoms with Crippen molar-refractivity contribution in [3.8, 4) is 5.75 Å². The summed E-state index contributed by atoms with van der Waals surface area (Å²) in [6.45, 7) is 4.59. The first kappa shape index (κ1) is 12.6. The Hall–Kier alpha value is -1.82. The molecule has 0 radical (unpaired) electrons. The third kappa shape index (κ3) is 3.10. The summed E-state index contributed by atoms with van der Waals surface area (Å²) in [7, 11) is 0.